The molecule has 0 saturated carbocycles. The number of carbonyl (C=O) groups is 1. The molecule has 0 heterocycles. The van der Waals surface area contributed by atoms with E-state index in [2.05, 4.69) is 6.58 Å². The Morgan fingerprint density at radius 1 is 1.09 bits per heavy atom. The van der Waals surface area contributed by atoms with Gasteiger partial charge in [0, 0.05) is 5.56 Å². The number of ether oxygens (including phenoxy) is 2. The van der Waals surface area contributed by atoms with Gasteiger partial charge in [0.25, 0.3) is 0 Å². The molecule has 22 heavy (non-hydrogen) atoms. The minimum absolute atomic E-state index is 0.0552. The van der Waals surface area contributed by atoms with Crippen LogP contribution in [0.2, 0.25) is 0 Å². The van der Waals surface area contributed by atoms with Crippen LogP contribution in [0.4, 0.5) is 0 Å². The SMILES string of the molecule is C=CCOC(=O)C(O[C]=O)c1ccc(-c2ccccc2)cc1. The lowest BCUT2D eigenvalue weighted by Gasteiger charge is -2.14. The molecule has 2 aromatic carbocycles. The van der Waals surface area contributed by atoms with Crippen molar-refractivity contribution in [3.63, 3.8) is 0 Å². The lowest BCUT2D eigenvalue weighted by molar-refractivity contribution is -0.151. The highest BCUT2D eigenvalue weighted by Gasteiger charge is 2.23. The minimum atomic E-state index is -1.12. The average molecular weight is 295 g/mol. The van der Waals surface area contributed by atoms with E-state index in [-0.39, 0.29) is 6.61 Å². The van der Waals surface area contributed by atoms with Gasteiger partial charge in [-0.15, -0.1) is 0 Å². The molecular weight excluding hydrogens is 280 g/mol. The number of rotatable bonds is 7. The molecule has 0 N–H and O–H groups in total. The fourth-order valence-corrected chi connectivity index (χ4v) is 2.00. The fraction of sp³-hybridized carbons (Fsp3) is 0.111. The molecule has 2 rings (SSSR count). The van der Waals surface area contributed by atoms with E-state index in [0.717, 1.165) is 11.1 Å². The zero-order chi connectivity index (χ0) is 15.8. The maximum atomic E-state index is 11.9. The van der Waals surface area contributed by atoms with Gasteiger partial charge in [0.2, 0.25) is 6.10 Å². The summed E-state index contributed by atoms with van der Waals surface area (Å²) >= 11 is 0. The van der Waals surface area contributed by atoms with Crippen LogP contribution in [0.5, 0.6) is 0 Å². The molecule has 0 fully saturated rings. The Morgan fingerprint density at radius 3 is 2.32 bits per heavy atom. The van der Waals surface area contributed by atoms with Crippen molar-refractivity contribution in [3.8, 4) is 11.1 Å². The Bertz CT molecular complexity index is 632. The van der Waals surface area contributed by atoms with Crippen molar-refractivity contribution in [2.24, 2.45) is 0 Å². The van der Waals surface area contributed by atoms with E-state index in [1.165, 1.54) is 12.5 Å². The first-order chi connectivity index (χ1) is 10.8. The summed E-state index contributed by atoms with van der Waals surface area (Å²) in [5.74, 6) is -0.657. The Kier molecular flexibility index (Phi) is 5.49. The predicted molar refractivity (Wildman–Crippen MR) is 82.6 cm³/mol. The summed E-state index contributed by atoms with van der Waals surface area (Å²) in [6.07, 6.45) is 0.320. The van der Waals surface area contributed by atoms with Crippen molar-refractivity contribution in [1.29, 1.82) is 0 Å². The van der Waals surface area contributed by atoms with Gasteiger partial charge in [-0.3, -0.25) is 0 Å². The Balaban J connectivity index is 2.20. The number of hydrogen-bond donors (Lipinski definition) is 0. The van der Waals surface area contributed by atoms with Gasteiger partial charge in [0.15, 0.2) is 0 Å². The first-order valence-electron chi connectivity index (χ1n) is 6.72. The molecule has 1 atom stereocenters. The molecule has 0 amide bonds. The third-order valence-corrected chi connectivity index (χ3v) is 3.04. The van der Waals surface area contributed by atoms with Crippen LogP contribution < -0.4 is 0 Å². The van der Waals surface area contributed by atoms with E-state index >= 15 is 0 Å². The second-order valence-electron chi connectivity index (χ2n) is 4.49. The lowest BCUT2D eigenvalue weighted by atomic mass is 10.0. The molecule has 2 aromatic rings. The van der Waals surface area contributed by atoms with Gasteiger partial charge < -0.3 is 9.47 Å². The molecule has 111 valence electrons. The van der Waals surface area contributed by atoms with Crippen LogP contribution in [-0.4, -0.2) is 19.0 Å². The van der Waals surface area contributed by atoms with Crippen LogP contribution in [0.15, 0.2) is 67.3 Å². The van der Waals surface area contributed by atoms with Crippen LogP contribution in [0.3, 0.4) is 0 Å². The fourth-order valence-electron chi connectivity index (χ4n) is 2.00. The van der Waals surface area contributed by atoms with Crippen LogP contribution in [-0.2, 0) is 19.1 Å². The Hall–Kier alpha value is -2.88. The highest BCUT2D eigenvalue weighted by molar-refractivity contribution is 5.78. The lowest BCUT2D eigenvalue weighted by Crippen LogP contribution is -2.18. The molecule has 1 unspecified atom stereocenters. The molecule has 4 nitrogen and oxygen atoms in total. The van der Waals surface area contributed by atoms with Crippen molar-refractivity contribution in [3.05, 3.63) is 72.8 Å². The third kappa shape index (κ3) is 3.82. The molecule has 1 radical (unpaired) electrons. The summed E-state index contributed by atoms with van der Waals surface area (Å²) in [6.45, 7) is 4.81. The first-order valence-corrected chi connectivity index (χ1v) is 6.72. The molecule has 0 aliphatic heterocycles. The summed E-state index contributed by atoms with van der Waals surface area (Å²) in [5.41, 5.74) is 2.58. The van der Waals surface area contributed by atoms with Crippen LogP contribution in [0.1, 0.15) is 11.7 Å². The molecule has 4 heteroatoms. The van der Waals surface area contributed by atoms with E-state index in [1.807, 2.05) is 42.5 Å². The van der Waals surface area contributed by atoms with Gasteiger partial charge in [-0.05, 0) is 11.1 Å². The standard InChI is InChI=1S/C18H15O4/c1-2-12-21-18(20)17(22-13-19)16-10-8-15(9-11-16)14-6-4-3-5-7-14/h2-11,17H,1,12H2. The van der Waals surface area contributed by atoms with E-state index in [1.54, 1.807) is 12.1 Å². The van der Waals surface area contributed by atoms with Crippen molar-refractivity contribution in [2.45, 2.75) is 6.10 Å². The second kappa shape index (κ2) is 7.78. The Morgan fingerprint density at radius 2 is 1.73 bits per heavy atom. The normalized spacial score (nSPS) is 11.3. The van der Waals surface area contributed by atoms with Crippen LogP contribution in [0, 0.1) is 0 Å². The summed E-state index contributed by atoms with van der Waals surface area (Å²) in [7, 11) is 0. The Labute approximate surface area is 129 Å². The average Bonchev–Trinajstić information content (AvgIpc) is 2.58. The monoisotopic (exact) mass is 295 g/mol. The molecule has 0 aromatic heterocycles. The van der Waals surface area contributed by atoms with Crippen LogP contribution in [0.25, 0.3) is 11.1 Å². The molecular formula is C18H15O4. The van der Waals surface area contributed by atoms with Gasteiger partial charge in [-0.2, -0.15) is 0 Å². The zero-order valence-electron chi connectivity index (χ0n) is 11.9. The second-order valence-corrected chi connectivity index (χ2v) is 4.49. The highest BCUT2D eigenvalue weighted by Crippen LogP contribution is 2.24. The molecule has 0 bridgehead atoms. The van der Waals surface area contributed by atoms with Crippen molar-refractivity contribution in [2.75, 3.05) is 6.61 Å². The first kappa shape index (κ1) is 15.5. The van der Waals surface area contributed by atoms with Gasteiger partial charge in [0.05, 0.1) is 0 Å². The summed E-state index contributed by atoms with van der Waals surface area (Å²) in [5, 5.41) is 0. The summed E-state index contributed by atoms with van der Waals surface area (Å²) < 4.78 is 9.63. The van der Waals surface area contributed by atoms with E-state index in [9.17, 15) is 9.59 Å². The number of hydrogen-bond acceptors (Lipinski definition) is 4. The number of benzene rings is 2. The third-order valence-electron chi connectivity index (χ3n) is 3.04. The van der Waals surface area contributed by atoms with Crippen molar-refractivity contribution in [1.82, 2.24) is 0 Å². The van der Waals surface area contributed by atoms with E-state index in [0.29, 0.717) is 5.56 Å². The van der Waals surface area contributed by atoms with Crippen molar-refractivity contribution >= 4 is 12.4 Å². The van der Waals surface area contributed by atoms with Gasteiger partial charge in [0.1, 0.15) is 6.61 Å². The van der Waals surface area contributed by atoms with Crippen LogP contribution >= 0.6 is 0 Å². The van der Waals surface area contributed by atoms with Gasteiger partial charge in [-0.1, -0.05) is 67.3 Å². The predicted octanol–water partition coefficient (Wildman–Crippen LogP) is 3.21. The largest absolute Gasteiger partial charge is 0.458 e. The van der Waals surface area contributed by atoms with E-state index in [4.69, 9.17) is 9.47 Å². The number of carbonyl (C=O) groups excluding carboxylic acids is 2. The maximum Gasteiger partial charge on any atom is 0.418 e. The smallest absolute Gasteiger partial charge is 0.418 e. The molecule has 0 spiro atoms. The number of esters is 1. The quantitative estimate of drug-likeness (QED) is 0.581. The van der Waals surface area contributed by atoms with E-state index < -0.39 is 12.1 Å². The topological polar surface area (TPSA) is 52.6 Å². The minimum Gasteiger partial charge on any atom is -0.458 e. The zero-order valence-corrected chi connectivity index (χ0v) is 11.9. The summed E-state index contributed by atoms with van der Waals surface area (Å²) in [6, 6.07) is 17.0. The maximum absolute atomic E-state index is 11.9. The molecule has 0 saturated heterocycles. The van der Waals surface area contributed by atoms with Crippen molar-refractivity contribution < 1.29 is 19.1 Å². The summed E-state index contributed by atoms with van der Waals surface area (Å²) in [4.78, 5) is 22.4. The van der Waals surface area contributed by atoms with Gasteiger partial charge >= 0.3 is 12.4 Å². The van der Waals surface area contributed by atoms with Gasteiger partial charge in [-0.25, -0.2) is 9.59 Å². The highest BCUT2D eigenvalue weighted by atomic mass is 16.6. The molecule has 0 aliphatic rings. The molecule has 0 aliphatic carbocycles.